The van der Waals surface area contributed by atoms with Crippen LogP contribution in [0.15, 0.2) is 36.9 Å². The molecule has 0 saturated carbocycles. The molecule has 0 radical (unpaired) electrons. The molecule has 1 aromatic carbocycles. The lowest BCUT2D eigenvalue weighted by Crippen LogP contribution is -2.08. The van der Waals surface area contributed by atoms with Crippen LogP contribution in [0.25, 0.3) is 0 Å². The van der Waals surface area contributed by atoms with E-state index < -0.39 is 0 Å². The zero-order chi connectivity index (χ0) is 9.52. The quantitative estimate of drug-likeness (QED) is 0.534. The number of hydrogen-bond acceptors (Lipinski definition) is 3. The van der Waals surface area contributed by atoms with Crippen LogP contribution in [-0.2, 0) is 6.54 Å². The minimum Gasteiger partial charge on any atom is -0.489 e. The van der Waals surface area contributed by atoms with Crippen molar-refractivity contribution >= 4 is 0 Å². The highest BCUT2D eigenvalue weighted by molar-refractivity contribution is 5.33. The Kier molecular flexibility index (Phi) is 4.02. The average Bonchev–Trinajstić information content (AvgIpc) is 2.17. The van der Waals surface area contributed by atoms with Crippen LogP contribution in [0.5, 0.6) is 5.75 Å². The maximum atomic E-state index is 8.54. The van der Waals surface area contributed by atoms with E-state index in [1.807, 2.05) is 24.3 Å². The number of ether oxygens (including phenoxy) is 1. The van der Waals surface area contributed by atoms with Crippen LogP contribution >= 0.6 is 0 Å². The van der Waals surface area contributed by atoms with Crippen LogP contribution < -0.4 is 10.2 Å². The molecule has 0 spiro atoms. The third kappa shape index (κ3) is 2.89. The number of para-hydroxylation sites is 1. The first-order chi connectivity index (χ1) is 6.38. The monoisotopic (exact) mass is 179 g/mol. The minimum absolute atomic E-state index is 0.382. The zero-order valence-corrected chi connectivity index (χ0v) is 7.36. The van der Waals surface area contributed by atoms with E-state index in [4.69, 9.17) is 9.94 Å². The molecule has 0 amide bonds. The van der Waals surface area contributed by atoms with Crippen LogP contribution in [0.1, 0.15) is 5.56 Å². The van der Waals surface area contributed by atoms with E-state index in [2.05, 4.69) is 12.1 Å². The topological polar surface area (TPSA) is 41.5 Å². The summed E-state index contributed by atoms with van der Waals surface area (Å²) in [4.78, 5) is 0. The van der Waals surface area contributed by atoms with Gasteiger partial charge in [-0.25, -0.2) is 5.48 Å². The Bertz CT molecular complexity index is 273. The van der Waals surface area contributed by atoms with Gasteiger partial charge in [-0.3, -0.25) is 0 Å². The normalized spacial score (nSPS) is 9.62. The van der Waals surface area contributed by atoms with Gasteiger partial charge in [-0.15, -0.1) is 0 Å². The SMILES string of the molecule is C=CCOc1ccccc1CNO. The van der Waals surface area contributed by atoms with Crippen molar-refractivity contribution in [1.29, 1.82) is 0 Å². The molecule has 0 aliphatic carbocycles. The molecule has 0 bridgehead atoms. The van der Waals surface area contributed by atoms with Crippen LogP contribution in [0.2, 0.25) is 0 Å². The van der Waals surface area contributed by atoms with Crippen molar-refractivity contribution in [3.05, 3.63) is 42.5 Å². The molecule has 13 heavy (non-hydrogen) atoms. The van der Waals surface area contributed by atoms with Crippen LogP contribution in [0.4, 0.5) is 0 Å². The van der Waals surface area contributed by atoms with Crippen molar-refractivity contribution in [1.82, 2.24) is 5.48 Å². The van der Waals surface area contributed by atoms with Crippen molar-refractivity contribution in [2.75, 3.05) is 6.61 Å². The standard InChI is InChI=1S/C10H13NO2/c1-2-7-13-10-6-4-3-5-9(10)8-11-12/h2-6,11-12H,1,7-8H2. The lowest BCUT2D eigenvalue weighted by atomic mass is 10.2. The summed E-state index contributed by atoms with van der Waals surface area (Å²) in [5, 5.41) is 8.54. The summed E-state index contributed by atoms with van der Waals surface area (Å²) >= 11 is 0. The first-order valence-electron chi connectivity index (χ1n) is 4.07. The Balaban J connectivity index is 2.71. The summed E-state index contributed by atoms with van der Waals surface area (Å²) in [7, 11) is 0. The molecule has 3 heteroatoms. The second kappa shape index (κ2) is 5.35. The summed E-state index contributed by atoms with van der Waals surface area (Å²) < 4.78 is 5.37. The summed E-state index contributed by atoms with van der Waals surface area (Å²) in [6.45, 7) is 4.42. The van der Waals surface area contributed by atoms with Gasteiger partial charge in [-0.2, -0.15) is 0 Å². The van der Waals surface area contributed by atoms with Gasteiger partial charge in [-0.1, -0.05) is 30.9 Å². The Hall–Kier alpha value is -1.32. The van der Waals surface area contributed by atoms with Gasteiger partial charge in [0, 0.05) is 12.1 Å². The van der Waals surface area contributed by atoms with Gasteiger partial charge in [0.2, 0.25) is 0 Å². The van der Waals surface area contributed by atoms with E-state index in [1.54, 1.807) is 6.08 Å². The molecule has 0 aromatic heterocycles. The van der Waals surface area contributed by atoms with Gasteiger partial charge >= 0.3 is 0 Å². The average molecular weight is 179 g/mol. The largest absolute Gasteiger partial charge is 0.489 e. The molecule has 0 aliphatic rings. The highest BCUT2D eigenvalue weighted by Gasteiger charge is 2.00. The number of benzene rings is 1. The lowest BCUT2D eigenvalue weighted by molar-refractivity contribution is 0.160. The number of nitrogens with one attached hydrogen (secondary N) is 1. The Labute approximate surface area is 77.6 Å². The Morgan fingerprint density at radius 3 is 2.92 bits per heavy atom. The van der Waals surface area contributed by atoms with Gasteiger partial charge in [0.25, 0.3) is 0 Å². The first kappa shape index (κ1) is 9.77. The molecule has 0 saturated heterocycles. The number of rotatable bonds is 5. The van der Waals surface area contributed by atoms with Crippen molar-refractivity contribution in [2.24, 2.45) is 0 Å². The minimum atomic E-state index is 0.382. The van der Waals surface area contributed by atoms with E-state index >= 15 is 0 Å². The van der Waals surface area contributed by atoms with E-state index in [0.717, 1.165) is 11.3 Å². The van der Waals surface area contributed by atoms with Gasteiger partial charge < -0.3 is 9.94 Å². The predicted molar refractivity (Wildman–Crippen MR) is 50.8 cm³/mol. The van der Waals surface area contributed by atoms with Gasteiger partial charge in [0.15, 0.2) is 0 Å². The molecule has 70 valence electrons. The number of hydrogen-bond donors (Lipinski definition) is 2. The highest BCUT2D eigenvalue weighted by Crippen LogP contribution is 2.17. The van der Waals surface area contributed by atoms with Gasteiger partial charge in [0.05, 0.1) is 0 Å². The van der Waals surface area contributed by atoms with Gasteiger partial charge in [0.1, 0.15) is 12.4 Å². The summed E-state index contributed by atoms with van der Waals surface area (Å²) in [6.07, 6.45) is 1.68. The lowest BCUT2D eigenvalue weighted by Gasteiger charge is -2.08. The van der Waals surface area contributed by atoms with Crippen molar-refractivity contribution in [3.8, 4) is 5.75 Å². The second-order valence-electron chi connectivity index (χ2n) is 2.54. The molecule has 0 heterocycles. The fourth-order valence-electron chi connectivity index (χ4n) is 1.02. The van der Waals surface area contributed by atoms with Crippen molar-refractivity contribution < 1.29 is 9.94 Å². The Morgan fingerprint density at radius 2 is 2.23 bits per heavy atom. The molecule has 0 aliphatic heterocycles. The van der Waals surface area contributed by atoms with Crippen molar-refractivity contribution in [2.45, 2.75) is 6.54 Å². The van der Waals surface area contributed by atoms with E-state index in [0.29, 0.717) is 13.2 Å². The third-order valence-electron chi connectivity index (χ3n) is 1.60. The maximum Gasteiger partial charge on any atom is 0.124 e. The molecule has 0 atom stereocenters. The summed E-state index contributed by atoms with van der Waals surface area (Å²) in [6, 6.07) is 7.53. The predicted octanol–water partition coefficient (Wildman–Crippen LogP) is 1.73. The first-order valence-corrected chi connectivity index (χ1v) is 4.07. The fraction of sp³-hybridized carbons (Fsp3) is 0.200. The second-order valence-corrected chi connectivity index (χ2v) is 2.54. The van der Waals surface area contributed by atoms with Crippen LogP contribution in [0, 0.1) is 0 Å². The number of hydroxylamine groups is 1. The van der Waals surface area contributed by atoms with Gasteiger partial charge in [-0.05, 0) is 6.07 Å². The molecular formula is C10H13NO2. The van der Waals surface area contributed by atoms with Crippen molar-refractivity contribution in [3.63, 3.8) is 0 Å². The molecular weight excluding hydrogens is 166 g/mol. The van der Waals surface area contributed by atoms with E-state index in [-0.39, 0.29) is 0 Å². The fourth-order valence-corrected chi connectivity index (χ4v) is 1.02. The zero-order valence-electron chi connectivity index (χ0n) is 7.36. The van der Waals surface area contributed by atoms with Crippen LogP contribution in [0.3, 0.4) is 0 Å². The molecule has 3 nitrogen and oxygen atoms in total. The smallest absolute Gasteiger partial charge is 0.124 e. The van der Waals surface area contributed by atoms with E-state index in [1.165, 1.54) is 0 Å². The highest BCUT2D eigenvalue weighted by atomic mass is 16.5. The molecule has 0 fully saturated rings. The van der Waals surface area contributed by atoms with E-state index in [9.17, 15) is 0 Å². The van der Waals surface area contributed by atoms with Crippen LogP contribution in [-0.4, -0.2) is 11.8 Å². The summed E-state index contributed by atoms with van der Waals surface area (Å²) in [5.74, 6) is 0.768. The molecule has 0 unspecified atom stereocenters. The molecule has 1 aromatic rings. The molecule has 2 N–H and O–H groups in total. The third-order valence-corrected chi connectivity index (χ3v) is 1.60. The Morgan fingerprint density at radius 1 is 1.46 bits per heavy atom. The molecule has 1 rings (SSSR count). The maximum absolute atomic E-state index is 8.54. The summed E-state index contributed by atoms with van der Waals surface area (Å²) in [5.41, 5.74) is 3.02.